The first-order valence-corrected chi connectivity index (χ1v) is 6.22. The van der Waals surface area contributed by atoms with E-state index in [0.717, 1.165) is 0 Å². The molecule has 0 atom stereocenters. The molecule has 0 radical (unpaired) electrons. The third kappa shape index (κ3) is 3.18. The van der Waals surface area contributed by atoms with Crippen molar-refractivity contribution in [2.45, 2.75) is 0 Å². The van der Waals surface area contributed by atoms with Crippen LogP contribution < -0.4 is 28.5 Å². The minimum Gasteiger partial charge on any atom is -1.00 e. The molecule has 5 heteroatoms. The minimum atomic E-state index is 0. The molecule has 0 spiro atoms. The van der Waals surface area contributed by atoms with E-state index in [1.54, 1.807) is 11.3 Å². The van der Waals surface area contributed by atoms with Crippen LogP contribution in [0.5, 0.6) is 0 Å². The molecule has 0 bridgehead atoms. The second kappa shape index (κ2) is 5.97. The molecule has 0 aliphatic rings. The van der Waals surface area contributed by atoms with Gasteiger partial charge in [-0.25, -0.2) is 9.13 Å². The number of aromatic nitrogens is 2. The average Bonchev–Trinajstić information content (AvgIpc) is 2.73. The van der Waals surface area contributed by atoms with Crippen molar-refractivity contribution in [1.82, 2.24) is 4.57 Å². The van der Waals surface area contributed by atoms with Gasteiger partial charge in [-0.3, -0.25) is 0 Å². The highest BCUT2D eigenvalue weighted by atomic mass is 127. The van der Waals surface area contributed by atoms with Gasteiger partial charge in [0.15, 0.2) is 0 Å². The van der Waals surface area contributed by atoms with E-state index in [1.807, 2.05) is 26.5 Å². The average molecular weight is 411 g/mol. The molecule has 2 aromatic heterocycles. The molecule has 0 unspecified atom stereocenters. The van der Waals surface area contributed by atoms with Crippen LogP contribution in [0, 0.1) is 0 Å². The number of hydrogen-bond acceptors (Lipinski definition) is 1. The van der Waals surface area contributed by atoms with Crippen LogP contribution in [0.15, 0.2) is 28.3 Å². The topological polar surface area (TPSA) is 8.81 Å². The van der Waals surface area contributed by atoms with Gasteiger partial charge in [-0.05, 0) is 34.1 Å². The van der Waals surface area contributed by atoms with E-state index in [2.05, 4.69) is 49.3 Å². The number of aryl methyl sites for hydroxylation is 2. The third-order valence-electron chi connectivity index (χ3n) is 2.23. The Labute approximate surface area is 125 Å². The number of rotatable bonds is 2. The summed E-state index contributed by atoms with van der Waals surface area (Å²) < 4.78 is 5.36. The first kappa shape index (κ1) is 13.9. The largest absolute Gasteiger partial charge is 1.00 e. The van der Waals surface area contributed by atoms with Crippen molar-refractivity contribution in [2.75, 3.05) is 0 Å². The second-order valence-electron chi connectivity index (χ2n) is 3.35. The van der Waals surface area contributed by atoms with Gasteiger partial charge in [-0.15, -0.1) is 11.3 Å². The molecule has 86 valence electrons. The third-order valence-corrected chi connectivity index (χ3v) is 3.82. The second-order valence-corrected chi connectivity index (χ2v) is 5.85. The fraction of sp³-hybridized carbons (Fsp3) is 0.182. The molecule has 0 saturated heterocycles. The van der Waals surface area contributed by atoms with Crippen LogP contribution in [0.25, 0.3) is 12.2 Å². The maximum Gasteiger partial charge on any atom is 0.281 e. The summed E-state index contributed by atoms with van der Waals surface area (Å²) in [6.45, 7) is 0. The van der Waals surface area contributed by atoms with E-state index in [1.165, 1.54) is 14.5 Å². The quantitative estimate of drug-likeness (QED) is 0.481. The molecule has 2 rings (SSSR count). The fourth-order valence-electron chi connectivity index (χ4n) is 1.41. The SMILES string of the molecule is Cn1cc[n+](C)c1/C=C/c1ccc(Br)s1.[I-]. The molecule has 2 nitrogen and oxygen atoms in total. The Morgan fingerprint density at radius 1 is 1.38 bits per heavy atom. The van der Waals surface area contributed by atoms with Crippen LogP contribution >= 0.6 is 27.3 Å². The van der Waals surface area contributed by atoms with E-state index in [-0.39, 0.29) is 24.0 Å². The van der Waals surface area contributed by atoms with Crippen LogP contribution in [0.1, 0.15) is 10.7 Å². The Hall–Kier alpha value is -0.140. The Bertz CT molecular complexity index is 482. The van der Waals surface area contributed by atoms with Crippen molar-refractivity contribution in [2.24, 2.45) is 14.1 Å². The Morgan fingerprint density at radius 2 is 2.12 bits per heavy atom. The zero-order valence-corrected chi connectivity index (χ0v) is 13.6. The van der Waals surface area contributed by atoms with Gasteiger partial charge in [0.2, 0.25) is 0 Å². The highest BCUT2D eigenvalue weighted by Crippen LogP contribution is 2.23. The summed E-state index contributed by atoms with van der Waals surface area (Å²) >= 11 is 5.19. The van der Waals surface area contributed by atoms with Crippen LogP contribution in [0.4, 0.5) is 0 Å². The molecule has 16 heavy (non-hydrogen) atoms. The predicted octanol–water partition coefficient (Wildman–Crippen LogP) is -0.152. The van der Waals surface area contributed by atoms with Gasteiger partial charge in [0.1, 0.15) is 12.4 Å². The maximum atomic E-state index is 3.45. The van der Waals surface area contributed by atoms with Crippen LogP contribution in [-0.2, 0) is 14.1 Å². The van der Waals surface area contributed by atoms with Crippen LogP contribution in [-0.4, -0.2) is 4.57 Å². The zero-order chi connectivity index (χ0) is 10.8. The molecule has 0 fully saturated rings. The fourth-order valence-corrected chi connectivity index (χ4v) is 2.74. The standard InChI is InChI=1S/C11H12BrN2S.HI/c1-13-7-8-14(2)11(13)6-4-9-3-5-10(12)15-9;/h3-8H,1-2H3;1H/q+1;/p-1/b6-4+;. The Balaban J connectivity index is 0.00000128. The summed E-state index contributed by atoms with van der Waals surface area (Å²) in [6.07, 6.45) is 8.34. The highest BCUT2D eigenvalue weighted by molar-refractivity contribution is 9.11. The highest BCUT2D eigenvalue weighted by Gasteiger charge is 2.06. The summed E-state index contributed by atoms with van der Waals surface area (Å²) in [6, 6.07) is 4.17. The van der Waals surface area contributed by atoms with E-state index in [4.69, 9.17) is 0 Å². The molecule has 2 heterocycles. The lowest BCUT2D eigenvalue weighted by molar-refractivity contribution is -0.672. The minimum absolute atomic E-state index is 0. The first-order chi connectivity index (χ1) is 7.16. The number of hydrogen-bond donors (Lipinski definition) is 0. The van der Waals surface area contributed by atoms with E-state index < -0.39 is 0 Å². The van der Waals surface area contributed by atoms with Crippen LogP contribution in [0.3, 0.4) is 0 Å². The monoisotopic (exact) mass is 410 g/mol. The normalized spacial score (nSPS) is 10.7. The number of nitrogens with zero attached hydrogens (tertiary/aromatic N) is 2. The molecule has 0 aliphatic heterocycles. The van der Waals surface area contributed by atoms with Gasteiger partial charge in [-0.2, -0.15) is 0 Å². The summed E-state index contributed by atoms with van der Waals surface area (Å²) in [5.74, 6) is 1.18. The molecule has 0 saturated carbocycles. The molecular weight excluding hydrogens is 399 g/mol. The van der Waals surface area contributed by atoms with Gasteiger partial charge in [0.25, 0.3) is 5.82 Å². The van der Waals surface area contributed by atoms with Crippen molar-refractivity contribution < 1.29 is 28.5 Å². The van der Waals surface area contributed by atoms with Gasteiger partial charge >= 0.3 is 0 Å². The number of halogens is 2. The molecular formula is C11H12BrIN2S. The molecule has 2 aromatic rings. The predicted molar refractivity (Wildman–Crippen MR) is 67.5 cm³/mol. The van der Waals surface area contributed by atoms with Crippen molar-refractivity contribution in [3.05, 3.63) is 39.0 Å². The van der Waals surface area contributed by atoms with Gasteiger partial charge in [0, 0.05) is 11.0 Å². The van der Waals surface area contributed by atoms with Gasteiger partial charge in [-0.1, -0.05) is 0 Å². The molecule has 0 aliphatic carbocycles. The molecule has 0 N–H and O–H groups in total. The number of imidazole rings is 1. The number of thiophene rings is 1. The lowest BCUT2D eigenvalue weighted by atomic mass is 10.4. The summed E-state index contributed by atoms with van der Waals surface area (Å²) in [5, 5.41) is 0. The molecule has 0 amide bonds. The molecule has 0 aromatic carbocycles. The lowest BCUT2D eigenvalue weighted by Gasteiger charge is -1.89. The maximum absolute atomic E-state index is 3.45. The van der Waals surface area contributed by atoms with E-state index in [0.29, 0.717) is 0 Å². The van der Waals surface area contributed by atoms with Gasteiger partial charge < -0.3 is 24.0 Å². The van der Waals surface area contributed by atoms with Crippen molar-refractivity contribution in [3.8, 4) is 0 Å². The Morgan fingerprint density at radius 3 is 2.62 bits per heavy atom. The first-order valence-electron chi connectivity index (χ1n) is 4.61. The lowest BCUT2D eigenvalue weighted by Crippen LogP contribution is -3.00. The van der Waals surface area contributed by atoms with Crippen molar-refractivity contribution in [1.29, 1.82) is 0 Å². The van der Waals surface area contributed by atoms with Crippen molar-refractivity contribution in [3.63, 3.8) is 0 Å². The Kier molecular flexibility index (Phi) is 5.20. The van der Waals surface area contributed by atoms with E-state index >= 15 is 0 Å². The summed E-state index contributed by atoms with van der Waals surface area (Å²) in [7, 11) is 4.09. The van der Waals surface area contributed by atoms with E-state index in [9.17, 15) is 0 Å². The van der Waals surface area contributed by atoms with Crippen molar-refractivity contribution >= 4 is 39.4 Å². The summed E-state index contributed by atoms with van der Waals surface area (Å²) in [5.41, 5.74) is 0. The zero-order valence-electron chi connectivity index (χ0n) is 9.02. The van der Waals surface area contributed by atoms with Crippen LogP contribution in [0.2, 0.25) is 0 Å². The summed E-state index contributed by atoms with van der Waals surface area (Å²) in [4.78, 5) is 1.25. The van der Waals surface area contributed by atoms with Gasteiger partial charge in [0.05, 0.1) is 17.9 Å². The smallest absolute Gasteiger partial charge is 0.281 e.